The Kier molecular flexibility index (Phi) is 4.67. The van der Waals surface area contributed by atoms with Gasteiger partial charge in [0.1, 0.15) is 5.82 Å². The minimum atomic E-state index is 0.186. The first-order chi connectivity index (χ1) is 8.79. The molecule has 1 fully saturated rings. The molecule has 0 unspecified atom stereocenters. The number of aromatic hydroxyl groups is 1. The van der Waals surface area contributed by atoms with Crippen molar-refractivity contribution in [1.82, 2.24) is 9.97 Å². The molecular formula is C14H21N3O. The van der Waals surface area contributed by atoms with E-state index in [1.807, 2.05) is 0 Å². The summed E-state index contributed by atoms with van der Waals surface area (Å²) in [5, 5.41) is 16.7. The van der Waals surface area contributed by atoms with Crippen LogP contribution in [0.2, 0.25) is 0 Å². The smallest absolute Gasteiger partial charge is 0.155 e. The molecular weight excluding hydrogens is 226 g/mol. The lowest BCUT2D eigenvalue weighted by Crippen LogP contribution is -2.00. The highest BCUT2D eigenvalue weighted by molar-refractivity contribution is 5.55. The molecule has 0 saturated heterocycles. The van der Waals surface area contributed by atoms with Gasteiger partial charge in [0.2, 0.25) is 0 Å². The molecule has 2 N–H and O–H groups in total. The topological polar surface area (TPSA) is 69.9 Å². The van der Waals surface area contributed by atoms with Crippen LogP contribution in [0.3, 0.4) is 0 Å². The van der Waals surface area contributed by atoms with E-state index in [2.05, 4.69) is 9.97 Å². The zero-order valence-corrected chi connectivity index (χ0v) is 10.7. The maximum Gasteiger partial charge on any atom is 0.155 e. The number of aryl methyl sites for hydroxylation is 1. The highest BCUT2D eigenvalue weighted by Crippen LogP contribution is 2.34. The number of hydrogen-bond acceptors (Lipinski definition) is 4. The fourth-order valence-electron chi connectivity index (χ4n) is 2.13. The van der Waals surface area contributed by atoms with Crippen molar-refractivity contribution in [2.45, 2.75) is 51.4 Å². The summed E-state index contributed by atoms with van der Waals surface area (Å²) in [6, 6.07) is 0. The van der Waals surface area contributed by atoms with Crippen molar-refractivity contribution in [3.63, 3.8) is 0 Å². The van der Waals surface area contributed by atoms with E-state index < -0.39 is 0 Å². The summed E-state index contributed by atoms with van der Waals surface area (Å²) in [6.45, 7) is 0. The summed E-state index contributed by atoms with van der Waals surface area (Å²) in [4.78, 5) is 8.29. The van der Waals surface area contributed by atoms with Crippen LogP contribution in [0.5, 0.6) is 5.75 Å². The molecule has 1 aromatic heterocycles. The lowest BCUT2D eigenvalue weighted by molar-refractivity contribution is 0.456. The summed E-state index contributed by atoms with van der Waals surface area (Å²) in [5.74, 6) is 1.82. The second-order valence-corrected chi connectivity index (χ2v) is 5.07. The van der Waals surface area contributed by atoms with Gasteiger partial charge in [0.15, 0.2) is 5.75 Å². The highest BCUT2D eigenvalue weighted by Gasteiger charge is 2.19. The largest absolute Gasteiger partial charge is 0.504 e. The van der Waals surface area contributed by atoms with Crippen molar-refractivity contribution in [2.24, 2.45) is 5.92 Å². The van der Waals surface area contributed by atoms with E-state index in [1.54, 1.807) is 0 Å². The first-order valence-corrected chi connectivity index (χ1v) is 6.82. The molecule has 2 rings (SSSR count). The van der Waals surface area contributed by atoms with Gasteiger partial charge in [-0.15, -0.1) is 0 Å². The van der Waals surface area contributed by atoms with Crippen molar-refractivity contribution in [1.29, 1.82) is 5.41 Å². The molecule has 4 nitrogen and oxygen atoms in total. The molecule has 1 aliphatic carbocycles. The summed E-state index contributed by atoms with van der Waals surface area (Å²) in [5.41, 5.74) is 0.730. The number of unbranched alkanes of at least 4 members (excludes halogenated alkanes) is 2. The standard InChI is InChI=1S/C14H21N3O/c15-9-8-14-16-10-13(18)12(17-14)5-3-1-2-4-11-6-7-11/h9-11,15,18H,1-8H2. The van der Waals surface area contributed by atoms with E-state index in [-0.39, 0.29) is 5.75 Å². The number of hydrogen-bond donors (Lipinski definition) is 2. The number of aromatic nitrogens is 2. The second-order valence-electron chi connectivity index (χ2n) is 5.07. The molecule has 1 aromatic rings. The molecule has 0 aliphatic heterocycles. The minimum absolute atomic E-state index is 0.186. The van der Waals surface area contributed by atoms with Gasteiger partial charge in [-0.1, -0.05) is 32.1 Å². The molecule has 4 heteroatoms. The van der Waals surface area contributed by atoms with E-state index in [9.17, 15) is 5.11 Å². The van der Waals surface area contributed by atoms with Crippen LogP contribution in [0, 0.1) is 11.3 Å². The van der Waals surface area contributed by atoms with E-state index in [4.69, 9.17) is 5.41 Å². The molecule has 98 valence electrons. The quantitative estimate of drug-likeness (QED) is 0.548. The first kappa shape index (κ1) is 13.0. The Labute approximate surface area is 108 Å². The molecule has 0 aromatic carbocycles. The second kappa shape index (κ2) is 6.47. The lowest BCUT2D eigenvalue weighted by Gasteiger charge is -2.05. The highest BCUT2D eigenvalue weighted by atomic mass is 16.3. The molecule has 0 amide bonds. The van der Waals surface area contributed by atoms with Gasteiger partial charge in [0.25, 0.3) is 0 Å². The zero-order valence-electron chi connectivity index (χ0n) is 10.7. The Morgan fingerprint density at radius 3 is 2.89 bits per heavy atom. The third-order valence-corrected chi connectivity index (χ3v) is 3.40. The molecule has 1 heterocycles. The monoisotopic (exact) mass is 247 g/mol. The summed E-state index contributed by atoms with van der Waals surface area (Å²) in [6.07, 6.45) is 11.8. The van der Waals surface area contributed by atoms with Crippen molar-refractivity contribution in [3.8, 4) is 5.75 Å². The van der Waals surface area contributed by atoms with Gasteiger partial charge >= 0.3 is 0 Å². The SMILES string of the molecule is N=CCc1ncc(O)c(CCCCCC2CC2)n1. The minimum Gasteiger partial charge on any atom is -0.504 e. The van der Waals surface area contributed by atoms with Crippen LogP contribution in [-0.4, -0.2) is 21.3 Å². The van der Waals surface area contributed by atoms with Gasteiger partial charge in [-0.25, -0.2) is 9.97 Å². The third kappa shape index (κ3) is 4.09. The van der Waals surface area contributed by atoms with Gasteiger partial charge in [0.05, 0.1) is 11.9 Å². The third-order valence-electron chi connectivity index (χ3n) is 3.40. The van der Waals surface area contributed by atoms with E-state index in [1.165, 1.54) is 44.5 Å². The molecule has 0 spiro atoms. The van der Waals surface area contributed by atoms with Gasteiger partial charge in [-0.3, -0.25) is 0 Å². The van der Waals surface area contributed by atoms with Crippen LogP contribution in [0.25, 0.3) is 0 Å². The van der Waals surface area contributed by atoms with Gasteiger partial charge in [-0.05, 0) is 18.8 Å². The van der Waals surface area contributed by atoms with Crippen molar-refractivity contribution < 1.29 is 5.11 Å². The predicted molar refractivity (Wildman–Crippen MR) is 71.1 cm³/mol. The predicted octanol–water partition coefficient (Wildman–Crippen LogP) is 2.89. The average molecular weight is 247 g/mol. The van der Waals surface area contributed by atoms with Crippen LogP contribution in [0.1, 0.15) is 50.0 Å². The molecule has 18 heavy (non-hydrogen) atoms. The Bertz CT molecular complexity index is 402. The number of nitrogens with zero attached hydrogens (tertiary/aromatic N) is 2. The fourth-order valence-corrected chi connectivity index (χ4v) is 2.13. The molecule has 0 bridgehead atoms. The fraction of sp³-hybridized carbons (Fsp3) is 0.643. The Balaban J connectivity index is 1.75. The Morgan fingerprint density at radius 1 is 1.33 bits per heavy atom. The number of rotatable bonds is 8. The molecule has 1 saturated carbocycles. The van der Waals surface area contributed by atoms with E-state index in [0.717, 1.165) is 24.5 Å². The van der Waals surface area contributed by atoms with Crippen LogP contribution in [-0.2, 0) is 12.8 Å². The van der Waals surface area contributed by atoms with E-state index in [0.29, 0.717) is 12.2 Å². The van der Waals surface area contributed by atoms with Crippen molar-refractivity contribution in [3.05, 3.63) is 17.7 Å². The van der Waals surface area contributed by atoms with Crippen molar-refractivity contribution in [2.75, 3.05) is 0 Å². The van der Waals surface area contributed by atoms with Crippen molar-refractivity contribution >= 4 is 6.21 Å². The van der Waals surface area contributed by atoms with Crippen LogP contribution >= 0.6 is 0 Å². The maximum atomic E-state index is 9.68. The maximum absolute atomic E-state index is 9.68. The van der Waals surface area contributed by atoms with Crippen LogP contribution in [0.4, 0.5) is 0 Å². The molecule has 1 aliphatic rings. The Morgan fingerprint density at radius 2 is 2.17 bits per heavy atom. The Hall–Kier alpha value is -1.45. The first-order valence-electron chi connectivity index (χ1n) is 6.82. The lowest BCUT2D eigenvalue weighted by atomic mass is 10.1. The van der Waals surface area contributed by atoms with Crippen LogP contribution < -0.4 is 0 Å². The van der Waals surface area contributed by atoms with Crippen LogP contribution in [0.15, 0.2) is 6.20 Å². The number of nitrogens with one attached hydrogen (secondary N) is 1. The molecule has 0 radical (unpaired) electrons. The van der Waals surface area contributed by atoms with E-state index >= 15 is 0 Å². The van der Waals surface area contributed by atoms with Gasteiger partial charge < -0.3 is 10.5 Å². The molecule has 0 atom stereocenters. The summed E-state index contributed by atoms with van der Waals surface area (Å²) < 4.78 is 0. The van der Waals surface area contributed by atoms with Gasteiger partial charge in [-0.2, -0.15) is 0 Å². The summed E-state index contributed by atoms with van der Waals surface area (Å²) >= 11 is 0. The van der Waals surface area contributed by atoms with Gasteiger partial charge in [0, 0.05) is 12.6 Å². The average Bonchev–Trinajstić information content (AvgIpc) is 3.17. The zero-order chi connectivity index (χ0) is 12.8. The normalized spacial score (nSPS) is 14.7. The summed E-state index contributed by atoms with van der Waals surface area (Å²) in [7, 11) is 0.